The number of carbonyl (C=O) groups excluding carboxylic acids is 1. The Morgan fingerprint density at radius 3 is 2.61 bits per heavy atom. The van der Waals surface area contributed by atoms with Gasteiger partial charge in [0.15, 0.2) is 0 Å². The van der Waals surface area contributed by atoms with E-state index in [4.69, 9.17) is 4.42 Å². The minimum Gasteiger partial charge on any atom is -0.444 e. The van der Waals surface area contributed by atoms with E-state index in [9.17, 15) is 9.18 Å². The lowest BCUT2D eigenvalue weighted by Gasteiger charge is -2.04. The monoisotopic (exact) mass is 310 g/mol. The van der Waals surface area contributed by atoms with Crippen molar-refractivity contribution in [1.82, 2.24) is 10.3 Å². The van der Waals surface area contributed by atoms with Gasteiger partial charge in [-0.2, -0.15) is 0 Å². The van der Waals surface area contributed by atoms with Crippen molar-refractivity contribution in [3.05, 3.63) is 77.9 Å². The molecule has 23 heavy (non-hydrogen) atoms. The second-order valence-electron chi connectivity index (χ2n) is 5.05. The van der Waals surface area contributed by atoms with Crippen LogP contribution in [0.2, 0.25) is 0 Å². The molecule has 116 valence electrons. The van der Waals surface area contributed by atoms with Crippen molar-refractivity contribution in [1.29, 1.82) is 0 Å². The maximum absolute atomic E-state index is 13.5. The van der Waals surface area contributed by atoms with E-state index in [1.807, 2.05) is 30.3 Å². The summed E-state index contributed by atoms with van der Waals surface area (Å²) in [6.07, 6.45) is 1.55. The Morgan fingerprint density at radius 1 is 1.09 bits per heavy atom. The number of nitrogens with one attached hydrogen (secondary N) is 1. The van der Waals surface area contributed by atoms with Crippen LogP contribution in [0.1, 0.15) is 11.3 Å². The third-order valence-electron chi connectivity index (χ3n) is 3.35. The van der Waals surface area contributed by atoms with E-state index < -0.39 is 0 Å². The first-order chi connectivity index (χ1) is 11.2. The van der Waals surface area contributed by atoms with E-state index in [0.29, 0.717) is 17.1 Å². The van der Waals surface area contributed by atoms with Gasteiger partial charge in [-0.25, -0.2) is 9.37 Å². The predicted octanol–water partition coefficient (Wildman–Crippen LogP) is 3.34. The van der Waals surface area contributed by atoms with E-state index in [-0.39, 0.29) is 24.7 Å². The summed E-state index contributed by atoms with van der Waals surface area (Å²) in [6.45, 7) is 0.148. The molecule has 0 radical (unpaired) electrons. The molecule has 1 amide bonds. The van der Waals surface area contributed by atoms with Gasteiger partial charge < -0.3 is 9.73 Å². The summed E-state index contributed by atoms with van der Waals surface area (Å²) in [5.74, 6) is -0.0933. The number of hydrogen-bond acceptors (Lipinski definition) is 3. The molecule has 2 aromatic carbocycles. The van der Waals surface area contributed by atoms with Crippen LogP contribution in [0.5, 0.6) is 0 Å². The number of benzene rings is 2. The fourth-order valence-electron chi connectivity index (χ4n) is 2.16. The molecule has 0 bridgehead atoms. The van der Waals surface area contributed by atoms with Gasteiger partial charge in [0.2, 0.25) is 11.8 Å². The molecule has 4 nitrogen and oxygen atoms in total. The molecule has 3 aromatic rings. The van der Waals surface area contributed by atoms with Crippen LogP contribution in [0, 0.1) is 5.82 Å². The zero-order valence-electron chi connectivity index (χ0n) is 12.3. The number of amides is 1. The van der Waals surface area contributed by atoms with Crippen LogP contribution in [-0.4, -0.2) is 10.9 Å². The summed E-state index contributed by atoms with van der Waals surface area (Å²) in [4.78, 5) is 16.2. The number of carbonyl (C=O) groups is 1. The summed E-state index contributed by atoms with van der Waals surface area (Å²) in [5, 5.41) is 2.68. The number of rotatable bonds is 5. The maximum Gasteiger partial charge on any atom is 0.226 e. The van der Waals surface area contributed by atoms with Crippen molar-refractivity contribution >= 4 is 5.91 Å². The Hall–Kier alpha value is -2.95. The van der Waals surface area contributed by atoms with Crippen LogP contribution in [0.3, 0.4) is 0 Å². The molecule has 1 aromatic heterocycles. The molecule has 0 atom stereocenters. The predicted molar refractivity (Wildman–Crippen MR) is 83.9 cm³/mol. The summed E-state index contributed by atoms with van der Waals surface area (Å²) in [7, 11) is 0. The average Bonchev–Trinajstić information content (AvgIpc) is 3.03. The van der Waals surface area contributed by atoms with Gasteiger partial charge in [0, 0.05) is 17.7 Å². The zero-order valence-corrected chi connectivity index (χ0v) is 12.3. The number of nitrogens with zero attached hydrogens (tertiary/aromatic N) is 1. The van der Waals surface area contributed by atoms with Crippen molar-refractivity contribution in [2.24, 2.45) is 0 Å². The third kappa shape index (κ3) is 3.83. The molecule has 1 N–H and O–H groups in total. The summed E-state index contributed by atoms with van der Waals surface area (Å²) < 4.78 is 18.9. The molecule has 0 fully saturated rings. The summed E-state index contributed by atoms with van der Waals surface area (Å²) in [5.41, 5.74) is 1.84. The van der Waals surface area contributed by atoms with Gasteiger partial charge in [0.05, 0.1) is 12.1 Å². The largest absolute Gasteiger partial charge is 0.444 e. The second-order valence-corrected chi connectivity index (χ2v) is 5.05. The molecule has 5 heteroatoms. The molecule has 0 aliphatic heterocycles. The smallest absolute Gasteiger partial charge is 0.226 e. The highest BCUT2D eigenvalue weighted by Crippen LogP contribution is 2.18. The Bertz CT molecular complexity index is 800. The van der Waals surface area contributed by atoms with Gasteiger partial charge in [0.1, 0.15) is 12.1 Å². The van der Waals surface area contributed by atoms with Crippen LogP contribution in [-0.2, 0) is 17.8 Å². The minimum absolute atomic E-state index is 0.0881. The fourth-order valence-corrected chi connectivity index (χ4v) is 2.16. The molecule has 0 unspecified atom stereocenters. The van der Waals surface area contributed by atoms with Crippen LogP contribution >= 0.6 is 0 Å². The number of aromatic nitrogens is 1. The Labute approximate surface area is 133 Å². The Kier molecular flexibility index (Phi) is 4.47. The lowest BCUT2D eigenvalue weighted by Crippen LogP contribution is -2.25. The fraction of sp³-hybridized carbons (Fsp3) is 0.111. The first-order valence-electron chi connectivity index (χ1n) is 7.22. The van der Waals surface area contributed by atoms with Gasteiger partial charge in [0.25, 0.3) is 0 Å². The van der Waals surface area contributed by atoms with Crippen molar-refractivity contribution in [3.63, 3.8) is 0 Å². The zero-order chi connectivity index (χ0) is 16.1. The molecule has 3 rings (SSSR count). The van der Waals surface area contributed by atoms with Crippen molar-refractivity contribution in [3.8, 4) is 11.5 Å². The van der Waals surface area contributed by atoms with E-state index in [1.165, 1.54) is 12.3 Å². The number of hydrogen-bond donors (Lipinski definition) is 1. The first kappa shape index (κ1) is 15.0. The van der Waals surface area contributed by atoms with Crippen molar-refractivity contribution in [2.75, 3.05) is 0 Å². The van der Waals surface area contributed by atoms with Gasteiger partial charge in [-0.3, -0.25) is 4.79 Å². The van der Waals surface area contributed by atoms with Gasteiger partial charge in [-0.15, -0.1) is 0 Å². The highest BCUT2D eigenvalue weighted by Gasteiger charge is 2.10. The topological polar surface area (TPSA) is 55.1 Å². The summed E-state index contributed by atoms with van der Waals surface area (Å²) in [6, 6.07) is 15.8. The first-order valence-corrected chi connectivity index (χ1v) is 7.22. The molecule has 1 heterocycles. The minimum atomic E-state index is -0.333. The standard InChI is InChI=1S/C18H15FN2O2/c19-16-9-5-4-8-14(16)11-20-17(22)10-15-12-23-18(21-15)13-6-2-1-3-7-13/h1-9,12H,10-11H2,(H,20,22). The highest BCUT2D eigenvalue weighted by atomic mass is 19.1. The molecular formula is C18H15FN2O2. The molecule has 0 saturated carbocycles. The SMILES string of the molecule is O=C(Cc1coc(-c2ccccc2)n1)NCc1ccccc1F. The number of halogens is 1. The van der Waals surface area contributed by atoms with Crippen molar-refractivity contribution < 1.29 is 13.6 Å². The Balaban J connectivity index is 1.58. The van der Waals surface area contributed by atoms with E-state index in [0.717, 1.165) is 5.56 Å². The number of oxazole rings is 1. The maximum atomic E-state index is 13.5. The van der Waals surface area contributed by atoms with Crippen LogP contribution in [0.4, 0.5) is 4.39 Å². The normalized spacial score (nSPS) is 10.5. The van der Waals surface area contributed by atoms with E-state index >= 15 is 0 Å². The van der Waals surface area contributed by atoms with Crippen LogP contribution in [0.25, 0.3) is 11.5 Å². The van der Waals surface area contributed by atoms with Gasteiger partial charge >= 0.3 is 0 Å². The molecule has 0 spiro atoms. The lowest BCUT2D eigenvalue weighted by atomic mass is 10.2. The summed E-state index contributed by atoms with van der Waals surface area (Å²) >= 11 is 0. The van der Waals surface area contributed by atoms with Crippen LogP contribution < -0.4 is 5.32 Å². The Morgan fingerprint density at radius 2 is 1.83 bits per heavy atom. The lowest BCUT2D eigenvalue weighted by molar-refractivity contribution is -0.120. The molecule has 0 aliphatic rings. The molecular weight excluding hydrogens is 295 g/mol. The van der Waals surface area contributed by atoms with E-state index in [1.54, 1.807) is 18.2 Å². The molecule has 0 aliphatic carbocycles. The highest BCUT2D eigenvalue weighted by molar-refractivity contribution is 5.78. The average molecular weight is 310 g/mol. The van der Waals surface area contributed by atoms with Gasteiger partial charge in [-0.1, -0.05) is 36.4 Å². The van der Waals surface area contributed by atoms with Crippen LogP contribution in [0.15, 0.2) is 65.3 Å². The quantitative estimate of drug-likeness (QED) is 0.786. The van der Waals surface area contributed by atoms with E-state index in [2.05, 4.69) is 10.3 Å². The second kappa shape index (κ2) is 6.87. The molecule has 0 saturated heterocycles. The third-order valence-corrected chi connectivity index (χ3v) is 3.35. The van der Waals surface area contributed by atoms with Gasteiger partial charge in [-0.05, 0) is 18.2 Å². The van der Waals surface area contributed by atoms with Crippen molar-refractivity contribution in [2.45, 2.75) is 13.0 Å².